The summed E-state index contributed by atoms with van der Waals surface area (Å²) in [6.45, 7) is 8.97. The second-order valence-electron chi connectivity index (χ2n) is 9.34. The number of anilines is 3. The van der Waals surface area contributed by atoms with Gasteiger partial charge in [0.2, 0.25) is 0 Å². The summed E-state index contributed by atoms with van der Waals surface area (Å²) in [5.74, 6) is -0.0807. The van der Waals surface area contributed by atoms with Crippen LogP contribution in [0.15, 0.2) is 42.7 Å². The summed E-state index contributed by atoms with van der Waals surface area (Å²) in [4.78, 5) is 18.3. The van der Waals surface area contributed by atoms with Crippen LogP contribution < -0.4 is 16.0 Å². The number of nitrogens with two attached hydrogens (primary N) is 1. The van der Waals surface area contributed by atoms with Gasteiger partial charge in [0.1, 0.15) is 12.5 Å². The number of carbonyl (C=O) groups is 1. The van der Waals surface area contributed by atoms with Gasteiger partial charge in [0.25, 0.3) is 5.91 Å². The van der Waals surface area contributed by atoms with Gasteiger partial charge in [-0.15, -0.1) is 0 Å². The maximum Gasteiger partial charge on any atom is 0.252 e. The standard InChI is InChI=1S/C23H30N6O2Si/c1-28-13-16-14-29(15-31-11-12-32(2,3)4)27-20(16)17-7-5-9-19(21(17)28)26-23-18(22(24)30)8-6-10-25-23/h5-10,14H,11-13,15H2,1-4H3,(H2,24,30)(H,25,26). The fourth-order valence-corrected chi connectivity index (χ4v) is 4.58. The van der Waals surface area contributed by atoms with Crippen molar-refractivity contribution in [3.8, 4) is 11.3 Å². The zero-order valence-electron chi connectivity index (χ0n) is 19.1. The average molecular weight is 451 g/mol. The molecule has 3 N–H and O–H groups in total. The van der Waals surface area contributed by atoms with Gasteiger partial charge in [0.15, 0.2) is 0 Å². The number of aromatic nitrogens is 3. The molecule has 1 aliphatic rings. The molecule has 1 aromatic carbocycles. The van der Waals surface area contributed by atoms with E-state index in [2.05, 4.69) is 47.1 Å². The smallest absolute Gasteiger partial charge is 0.252 e. The molecular formula is C23H30N6O2Si. The number of carbonyl (C=O) groups excluding carboxylic acids is 1. The van der Waals surface area contributed by atoms with Crippen molar-refractivity contribution in [1.29, 1.82) is 0 Å². The van der Waals surface area contributed by atoms with Gasteiger partial charge in [-0.2, -0.15) is 5.10 Å². The average Bonchev–Trinajstić information content (AvgIpc) is 3.14. The zero-order valence-corrected chi connectivity index (χ0v) is 20.1. The van der Waals surface area contributed by atoms with Crippen molar-refractivity contribution >= 4 is 31.2 Å². The predicted molar refractivity (Wildman–Crippen MR) is 130 cm³/mol. The minimum Gasteiger partial charge on any atom is -0.368 e. The molecule has 168 valence electrons. The number of ether oxygens (including phenoxy) is 1. The number of hydrogen-bond donors (Lipinski definition) is 2. The summed E-state index contributed by atoms with van der Waals surface area (Å²) in [5, 5.41) is 8.11. The van der Waals surface area contributed by atoms with Gasteiger partial charge in [-0.25, -0.2) is 9.67 Å². The van der Waals surface area contributed by atoms with E-state index in [1.54, 1.807) is 18.3 Å². The molecule has 4 rings (SSSR count). The quantitative estimate of drug-likeness (QED) is 0.397. The number of nitrogens with zero attached hydrogens (tertiary/aromatic N) is 4. The Balaban J connectivity index is 1.60. The number of rotatable bonds is 8. The van der Waals surface area contributed by atoms with E-state index in [0.717, 1.165) is 47.4 Å². The molecule has 3 aromatic rings. The fraction of sp³-hybridized carbons (Fsp3) is 0.348. The predicted octanol–water partition coefficient (Wildman–Crippen LogP) is 4.05. The van der Waals surface area contributed by atoms with Crippen LogP contribution in [0.4, 0.5) is 17.2 Å². The topological polar surface area (TPSA) is 98.3 Å². The lowest BCUT2D eigenvalue weighted by Crippen LogP contribution is -2.22. The van der Waals surface area contributed by atoms with Gasteiger partial charge in [-0.3, -0.25) is 4.79 Å². The fourth-order valence-electron chi connectivity index (χ4n) is 3.82. The molecule has 0 saturated carbocycles. The highest BCUT2D eigenvalue weighted by molar-refractivity contribution is 6.76. The van der Waals surface area contributed by atoms with E-state index >= 15 is 0 Å². The molecular weight excluding hydrogens is 420 g/mol. The van der Waals surface area contributed by atoms with Crippen LogP contribution in [0, 0.1) is 0 Å². The number of pyridine rings is 1. The van der Waals surface area contributed by atoms with E-state index in [0.29, 0.717) is 18.1 Å². The first-order valence-electron chi connectivity index (χ1n) is 10.7. The highest BCUT2D eigenvalue weighted by atomic mass is 28.3. The van der Waals surface area contributed by atoms with Crippen LogP contribution in [0.2, 0.25) is 25.7 Å². The van der Waals surface area contributed by atoms with Gasteiger partial charge >= 0.3 is 0 Å². The number of para-hydroxylation sites is 1. The van der Waals surface area contributed by atoms with E-state index in [9.17, 15) is 4.79 Å². The van der Waals surface area contributed by atoms with Crippen LogP contribution in [-0.4, -0.2) is 42.4 Å². The molecule has 2 aromatic heterocycles. The number of hydrogen-bond acceptors (Lipinski definition) is 6. The van der Waals surface area contributed by atoms with E-state index < -0.39 is 14.0 Å². The third-order valence-corrected chi connectivity index (χ3v) is 7.17. The lowest BCUT2D eigenvalue weighted by Gasteiger charge is -2.29. The molecule has 1 aliphatic heterocycles. The molecule has 0 radical (unpaired) electrons. The van der Waals surface area contributed by atoms with Gasteiger partial charge in [-0.05, 0) is 24.2 Å². The molecule has 32 heavy (non-hydrogen) atoms. The number of nitrogens with one attached hydrogen (secondary N) is 1. The largest absolute Gasteiger partial charge is 0.368 e. The minimum absolute atomic E-state index is 0.351. The molecule has 0 fully saturated rings. The first kappa shape index (κ1) is 22.0. The van der Waals surface area contributed by atoms with Crippen LogP contribution in [0.1, 0.15) is 15.9 Å². The number of primary amides is 1. The number of benzene rings is 1. The summed E-state index contributed by atoms with van der Waals surface area (Å²) in [7, 11) is 0.930. The van der Waals surface area contributed by atoms with E-state index in [1.807, 2.05) is 23.9 Å². The molecule has 0 atom stereocenters. The van der Waals surface area contributed by atoms with Crippen molar-refractivity contribution in [2.24, 2.45) is 5.73 Å². The molecule has 1 amide bonds. The Labute approximate surface area is 189 Å². The highest BCUT2D eigenvalue weighted by Gasteiger charge is 2.26. The van der Waals surface area contributed by atoms with Crippen molar-refractivity contribution in [3.63, 3.8) is 0 Å². The van der Waals surface area contributed by atoms with Crippen LogP contribution in [0.5, 0.6) is 0 Å². The Morgan fingerprint density at radius 1 is 1.25 bits per heavy atom. The van der Waals surface area contributed by atoms with E-state index in [1.165, 1.54) is 0 Å². The SMILES string of the molecule is CN1Cc2cn(COCC[Si](C)(C)C)nc2-c2cccc(Nc3ncccc3C(N)=O)c21. The first-order chi connectivity index (χ1) is 15.2. The van der Waals surface area contributed by atoms with Crippen LogP contribution in [0.3, 0.4) is 0 Å². The normalized spacial score (nSPS) is 12.9. The van der Waals surface area contributed by atoms with Crippen molar-refractivity contribution < 1.29 is 9.53 Å². The van der Waals surface area contributed by atoms with E-state index in [4.69, 9.17) is 15.6 Å². The second-order valence-corrected chi connectivity index (χ2v) is 15.0. The summed E-state index contributed by atoms with van der Waals surface area (Å²) in [6.07, 6.45) is 3.70. The van der Waals surface area contributed by atoms with Gasteiger partial charge in [-0.1, -0.05) is 31.8 Å². The highest BCUT2D eigenvalue weighted by Crippen LogP contribution is 2.43. The van der Waals surface area contributed by atoms with Crippen LogP contribution in [0.25, 0.3) is 11.3 Å². The van der Waals surface area contributed by atoms with Gasteiger partial charge in [0, 0.05) is 51.8 Å². The molecule has 0 saturated heterocycles. The Hall–Kier alpha value is -3.17. The lowest BCUT2D eigenvalue weighted by molar-refractivity contribution is 0.0787. The Morgan fingerprint density at radius 3 is 2.81 bits per heavy atom. The number of fused-ring (bicyclic) bond motifs is 3. The van der Waals surface area contributed by atoms with Crippen molar-refractivity contribution in [2.45, 2.75) is 39.0 Å². The van der Waals surface area contributed by atoms with Crippen molar-refractivity contribution in [2.75, 3.05) is 23.9 Å². The maximum absolute atomic E-state index is 11.8. The molecule has 3 heterocycles. The van der Waals surface area contributed by atoms with Crippen LogP contribution in [-0.2, 0) is 18.0 Å². The summed E-state index contributed by atoms with van der Waals surface area (Å²) >= 11 is 0. The van der Waals surface area contributed by atoms with Crippen molar-refractivity contribution in [3.05, 3.63) is 53.9 Å². The Kier molecular flexibility index (Phi) is 6.03. The van der Waals surface area contributed by atoms with Gasteiger partial charge < -0.3 is 20.7 Å². The molecule has 9 heteroatoms. The Morgan fingerprint density at radius 2 is 2.06 bits per heavy atom. The molecule has 0 spiro atoms. The minimum atomic E-state index is -1.11. The second kappa shape index (κ2) is 8.76. The Bertz CT molecular complexity index is 1140. The van der Waals surface area contributed by atoms with E-state index in [-0.39, 0.29) is 0 Å². The first-order valence-corrected chi connectivity index (χ1v) is 14.4. The summed E-state index contributed by atoms with van der Waals surface area (Å²) < 4.78 is 7.76. The number of amides is 1. The third-order valence-electron chi connectivity index (χ3n) is 5.46. The van der Waals surface area contributed by atoms with Crippen molar-refractivity contribution in [1.82, 2.24) is 14.8 Å². The van der Waals surface area contributed by atoms with Crippen LogP contribution >= 0.6 is 0 Å². The summed E-state index contributed by atoms with van der Waals surface area (Å²) in [6, 6.07) is 10.5. The maximum atomic E-state index is 11.8. The molecule has 0 bridgehead atoms. The summed E-state index contributed by atoms with van der Waals surface area (Å²) in [5.41, 5.74) is 10.9. The monoisotopic (exact) mass is 450 g/mol. The zero-order chi connectivity index (χ0) is 22.9. The molecule has 8 nitrogen and oxygen atoms in total. The third kappa shape index (κ3) is 4.68. The molecule has 0 unspecified atom stereocenters. The lowest BCUT2D eigenvalue weighted by atomic mass is 9.99. The van der Waals surface area contributed by atoms with Gasteiger partial charge in [0.05, 0.1) is 22.6 Å². The molecule has 0 aliphatic carbocycles.